The Morgan fingerprint density at radius 3 is 2.08 bits per heavy atom. The summed E-state index contributed by atoms with van der Waals surface area (Å²) < 4.78 is 36.9. The van der Waals surface area contributed by atoms with Crippen molar-refractivity contribution in [2.24, 2.45) is 0 Å². The van der Waals surface area contributed by atoms with Gasteiger partial charge < -0.3 is 19.7 Å². The molecule has 0 heterocycles. The minimum absolute atomic E-state index is 0.104. The van der Waals surface area contributed by atoms with E-state index < -0.39 is 34.4 Å². The molecule has 0 aliphatic heterocycles. The van der Waals surface area contributed by atoms with Crippen molar-refractivity contribution in [3.63, 3.8) is 0 Å². The molecule has 0 radical (unpaired) electrons. The van der Waals surface area contributed by atoms with Crippen LogP contribution in [-0.4, -0.2) is 64.2 Å². The second-order valence-corrected chi connectivity index (χ2v) is 11.1. The minimum Gasteiger partial charge on any atom is -0.493 e. The summed E-state index contributed by atoms with van der Waals surface area (Å²) in [6.45, 7) is 4.47. The van der Waals surface area contributed by atoms with Gasteiger partial charge in [-0.25, -0.2) is 8.42 Å². The number of sulfonamides is 1. The molecular weight excluding hydrogens is 529 g/mol. The number of amides is 2. The number of benzene rings is 2. The fraction of sp³-hybridized carbons (Fsp3) is 0.417. The molecule has 1 atom stereocenters. The summed E-state index contributed by atoms with van der Waals surface area (Å²) in [6, 6.07) is 8.29. The normalized spacial score (nSPS) is 12.1. The number of nitrogens with one attached hydrogen (secondary N) is 1. The molecular formula is C24H31Cl2N3O6S. The van der Waals surface area contributed by atoms with Crippen molar-refractivity contribution in [3.05, 3.63) is 52.0 Å². The third kappa shape index (κ3) is 7.41. The monoisotopic (exact) mass is 559 g/mol. The molecule has 36 heavy (non-hydrogen) atoms. The van der Waals surface area contributed by atoms with Gasteiger partial charge in [0.15, 0.2) is 11.5 Å². The molecule has 2 aromatic rings. The van der Waals surface area contributed by atoms with E-state index in [-0.39, 0.29) is 18.3 Å². The molecule has 0 saturated carbocycles. The Morgan fingerprint density at radius 2 is 1.58 bits per heavy atom. The number of anilines is 1. The molecule has 198 valence electrons. The average Bonchev–Trinajstić information content (AvgIpc) is 2.80. The van der Waals surface area contributed by atoms with Gasteiger partial charge in [0.25, 0.3) is 0 Å². The summed E-state index contributed by atoms with van der Waals surface area (Å²) in [5.41, 5.74) is 0.633. The Hall–Kier alpha value is -2.69. The summed E-state index contributed by atoms with van der Waals surface area (Å²) in [6.07, 6.45) is 0.987. The van der Waals surface area contributed by atoms with Crippen molar-refractivity contribution in [2.75, 3.05) is 31.3 Å². The SMILES string of the molecule is COc1ccc(N(CC(=O)N(Cc2c(Cl)cccc2Cl)C(C)C(=O)NC(C)C)S(C)(=O)=O)cc1OC. The van der Waals surface area contributed by atoms with Gasteiger partial charge in [0, 0.05) is 34.3 Å². The smallest absolute Gasteiger partial charge is 0.244 e. The lowest BCUT2D eigenvalue weighted by Crippen LogP contribution is -2.52. The summed E-state index contributed by atoms with van der Waals surface area (Å²) in [4.78, 5) is 27.7. The third-order valence-electron chi connectivity index (χ3n) is 5.32. The summed E-state index contributed by atoms with van der Waals surface area (Å²) in [5, 5.41) is 3.41. The first-order valence-electron chi connectivity index (χ1n) is 11.0. The molecule has 2 amide bonds. The first kappa shape index (κ1) is 29.5. The maximum Gasteiger partial charge on any atom is 0.244 e. The number of halogens is 2. The van der Waals surface area contributed by atoms with Crippen LogP contribution in [0.4, 0.5) is 5.69 Å². The van der Waals surface area contributed by atoms with E-state index in [2.05, 4.69) is 5.32 Å². The highest BCUT2D eigenvalue weighted by atomic mass is 35.5. The van der Waals surface area contributed by atoms with Gasteiger partial charge >= 0.3 is 0 Å². The van der Waals surface area contributed by atoms with E-state index in [0.29, 0.717) is 27.1 Å². The number of hydrogen-bond acceptors (Lipinski definition) is 6. The number of hydrogen-bond donors (Lipinski definition) is 1. The second-order valence-electron chi connectivity index (χ2n) is 8.37. The fourth-order valence-electron chi connectivity index (χ4n) is 3.44. The molecule has 0 fully saturated rings. The molecule has 0 aliphatic carbocycles. The lowest BCUT2D eigenvalue weighted by atomic mass is 10.1. The lowest BCUT2D eigenvalue weighted by molar-refractivity contribution is -0.139. The fourth-order valence-corrected chi connectivity index (χ4v) is 4.79. The highest BCUT2D eigenvalue weighted by molar-refractivity contribution is 7.92. The zero-order valence-electron chi connectivity index (χ0n) is 21.0. The molecule has 0 aliphatic rings. The van der Waals surface area contributed by atoms with Crippen LogP contribution >= 0.6 is 23.2 Å². The predicted molar refractivity (Wildman–Crippen MR) is 141 cm³/mol. The molecule has 2 aromatic carbocycles. The Morgan fingerprint density at radius 1 is 1.00 bits per heavy atom. The number of methoxy groups -OCH3 is 2. The van der Waals surface area contributed by atoms with Crippen molar-refractivity contribution in [1.29, 1.82) is 0 Å². The molecule has 0 bridgehead atoms. The summed E-state index contributed by atoms with van der Waals surface area (Å²) in [5.74, 6) is -0.341. The Bertz CT molecular complexity index is 1190. The van der Waals surface area contributed by atoms with Gasteiger partial charge in [0.05, 0.1) is 26.2 Å². The van der Waals surface area contributed by atoms with Crippen LogP contribution in [0.15, 0.2) is 36.4 Å². The summed E-state index contributed by atoms with van der Waals surface area (Å²) >= 11 is 12.7. The second kappa shape index (κ2) is 12.5. The van der Waals surface area contributed by atoms with Crippen LogP contribution in [0.25, 0.3) is 0 Å². The van der Waals surface area contributed by atoms with E-state index in [1.807, 2.05) is 0 Å². The van der Waals surface area contributed by atoms with Crippen LogP contribution in [-0.2, 0) is 26.2 Å². The van der Waals surface area contributed by atoms with Crippen molar-refractivity contribution in [1.82, 2.24) is 10.2 Å². The molecule has 1 unspecified atom stereocenters. The van der Waals surface area contributed by atoms with Crippen LogP contribution < -0.4 is 19.1 Å². The predicted octanol–water partition coefficient (Wildman–Crippen LogP) is 3.72. The zero-order valence-corrected chi connectivity index (χ0v) is 23.4. The van der Waals surface area contributed by atoms with Crippen LogP contribution in [0, 0.1) is 0 Å². The molecule has 0 saturated heterocycles. The van der Waals surface area contributed by atoms with Crippen molar-refractivity contribution >= 4 is 50.7 Å². The van der Waals surface area contributed by atoms with Gasteiger partial charge in [-0.3, -0.25) is 13.9 Å². The van der Waals surface area contributed by atoms with Gasteiger partial charge in [0.2, 0.25) is 21.8 Å². The highest BCUT2D eigenvalue weighted by Gasteiger charge is 2.31. The number of carbonyl (C=O) groups is 2. The third-order valence-corrected chi connectivity index (χ3v) is 7.17. The highest BCUT2D eigenvalue weighted by Crippen LogP contribution is 2.33. The first-order valence-corrected chi connectivity index (χ1v) is 13.6. The van der Waals surface area contributed by atoms with Gasteiger partial charge in [-0.05, 0) is 45.0 Å². The average molecular weight is 561 g/mol. The largest absolute Gasteiger partial charge is 0.493 e. The van der Waals surface area contributed by atoms with Crippen molar-refractivity contribution in [3.8, 4) is 11.5 Å². The first-order chi connectivity index (χ1) is 16.8. The number of carbonyl (C=O) groups excluding carboxylic acids is 2. The van der Waals surface area contributed by atoms with Crippen molar-refractivity contribution in [2.45, 2.75) is 39.4 Å². The van der Waals surface area contributed by atoms with Gasteiger partial charge in [-0.15, -0.1) is 0 Å². The molecule has 0 spiro atoms. The van der Waals surface area contributed by atoms with Gasteiger partial charge in [-0.2, -0.15) is 0 Å². The molecule has 2 rings (SSSR count). The topological polar surface area (TPSA) is 105 Å². The molecule has 1 N–H and O–H groups in total. The van der Waals surface area contributed by atoms with E-state index in [1.54, 1.807) is 39.0 Å². The van der Waals surface area contributed by atoms with Crippen LogP contribution in [0.3, 0.4) is 0 Å². The quantitative estimate of drug-likeness (QED) is 0.449. The van der Waals surface area contributed by atoms with E-state index >= 15 is 0 Å². The Balaban J connectivity index is 2.50. The van der Waals surface area contributed by atoms with Gasteiger partial charge in [-0.1, -0.05) is 29.3 Å². The van der Waals surface area contributed by atoms with E-state index in [9.17, 15) is 18.0 Å². The number of ether oxygens (including phenoxy) is 2. The molecule has 0 aromatic heterocycles. The maximum atomic E-state index is 13.6. The molecule has 12 heteroatoms. The van der Waals surface area contributed by atoms with E-state index in [4.69, 9.17) is 32.7 Å². The molecule has 9 nitrogen and oxygen atoms in total. The minimum atomic E-state index is -3.91. The van der Waals surface area contributed by atoms with E-state index in [1.165, 1.54) is 37.3 Å². The Labute approximate surface area is 222 Å². The standard InChI is InChI=1S/C24H31Cl2N3O6S/c1-15(2)27-24(31)16(3)28(13-18-19(25)8-7-9-20(18)26)23(30)14-29(36(6,32)33)17-10-11-21(34-4)22(12-17)35-5/h7-12,15-16H,13-14H2,1-6H3,(H,27,31). The lowest BCUT2D eigenvalue weighted by Gasteiger charge is -2.32. The van der Waals surface area contributed by atoms with Crippen LogP contribution in [0.2, 0.25) is 10.0 Å². The van der Waals surface area contributed by atoms with Crippen LogP contribution in [0.5, 0.6) is 11.5 Å². The maximum absolute atomic E-state index is 13.6. The Kier molecular flexibility index (Phi) is 10.3. The van der Waals surface area contributed by atoms with E-state index in [0.717, 1.165) is 10.6 Å². The summed E-state index contributed by atoms with van der Waals surface area (Å²) in [7, 11) is -1.04. The zero-order chi connectivity index (χ0) is 27.2. The van der Waals surface area contributed by atoms with Gasteiger partial charge in [0.1, 0.15) is 12.6 Å². The number of rotatable bonds is 11. The van der Waals surface area contributed by atoms with Crippen LogP contribution in [0.1, 0.15) is 26.3 Å². The number of nitrogens with zero attached hydrogens (tertiary/aromatic N) is 2. The van der Waals surface area contributed by atoms with Crippen molar-refractivity contribution < 1.29 is 27.5 Å².